The van der Waals surface area contributed by atoms with Crippen molar-refractivity contribution >= 4 is 143 Å². The van der Waals surface area contributed by atoms with E-state index >= 15 is 0 Å². The molecular weight excluding hydrogens is 216 g/mol. The van der Waals surface area contributed by atoms with Gasteiger partial charge in [0.05, 0.1) is 0 Å². The van der Waals surface area contributed by atoms with E-state index in [1.165, 1.54) is 14.1 Å². The van der Waals surface area contributed by atoms with Crippen molar-refractivity contribution in [2.24, 2.45) is 0 Å². The summed E-state index contributed by atoms with van der Waals surface area (Å²) in [6.45, 7) is 0. The highest BCUT2D eigenvalue weighted by Crippen LogP contribution is 1.61. The fourth-order valence-electron chi connectivity index (χ4n) is 1.03. The van der Waals surface area contributed by atoms with Crippen molar-refractivity contribution in [2.75, 3.05) is 0 Å². The lowest BCUT2D eigenvalue weighted by Gasteiger charge is -1.98. The predicted octanol–water partition coefficient (Wildman–Crippen LogP) is -7.62. The standard InChI is InChI=1S/B20/c1-3-5-7-9-11-13-15-17-19-20-18-16-14-12-10-8-6-4-2. The molecule has 0 saturated carbocycles. The Bertz CT molecular complexity index is 132. The molecule has 0 heterocycles. The monoisotopic (exact) mass is 220 g/mol. The van der Waals surface area contributed by atoms with Gasteiger partial charge in [-0.25, -0.2) is 0 Å². The second-order valence-corrected chi connectivity index (χ2v) is 3.46. The molecule has 0 aromatic rings. The molecule has 0 fully saturated rings. The Morgan fingerprint density at radius 1 is 0.250 bits per heavy atom. The van der Waals surface area contributed by atoms with E-state index in [4.69, 9.17) is 15.5 Å². The quantitative estimate of drug-likeness (QED) is 0.167. The number of hydrogen-bond donors (Lipinski definition) is 0. The third-order valence-electron chi connectivity index (χ3n) is 1.89. The van der Waals surface area contributed by atoms with E-state index in [1.807, 2.05) is 98.9 Å². The van der Waals surface area contributed by atoms with Gasteiger partial charge >= 0.3 is 0 Å². The molecule has 0 nitrogen and oxygen atoms in total. The molecule has 0 saturated heterocycles. The Morgan fingerprint density at radius 2 is 0.400 bits per heavy atom. The summed E-state index contributed by atoms with van der Waals surface area (Å²) in [4.78, 5) is 0. The fraction of sp³-hybridized carbons (Fsp3) is 0. The molecule has 60 valence electrons. The molecule has 20 heteroatoms. The van der Waals surface area contributed by atoms with E-state index < -0.39 is 0 Å². The van der Waals surface area contributed by atoms with Crippen LogP contribution in [0, 0.1) is 0 Å². The zero-order valence-corrected chi connectivity index (χ0v) is 11.5. The Kier molecular flexibility index (Phi) is 21.6. The topological polar surface area (TPSA) is 0 Å². The minimum Gasteiger partial charge on any atom is 0 e. The molecule has 0 aliphatic heterocycles. The fourth-order valence-corrected chi connectivity index (χ4v) is 1.03. The van der Waals surface area contributed by atoms with Crippen LogP contribution in [0.25, 0.3) is 0 Å². The van der Waals surface area contributed by atoms with Crippen LogP contribution >= 0.6 is 0 Å². The van der Waals surface area contributed by atoms with Crippen molar-refractivity contribution < 1.29 is 0 Å². The zero-order valence-electron chi connectivity index (χ0n) is 11.5. The lowest BCUT2D eigenvalue weighted by molar-refractivity contribution is 3.78. The summed E-state index contributed by atoms with van der Waals surface area (Å²) >= 11 is 0. The Labute approximate surface area is 142 Å². The summed E-state index contributed by atoms with van der Waals surface area (Å²) in [7, 11) is 44.0. The molecule has 0 aliphatic rings. The van der Waals surface area contributed by atoms with Gasteiger partial charge in [0, 0.05) is 143 Å². The van der Waals surface area contributed by atoms with Gasteiger partial charge in [-0.05, 0) is 0 Å². The van der Waals surface area contributed by atoms with Gasteiger partial charge in [0.15, 0.2) is 0 Å². The average molecular weight is 216 g/mol. The first kappa shape index (κ1) is 21.3. The minimum absolute atomic E-state index is 1.49. The first-order chi connectivity index (χ1) is 9.91. The normalized spacial score (nSPS) is 7.40. The zero-order chi connectivity index (χ0) is 14.7. The molecular formula is B20. The van der Waals surface area contributed by atoms with Crippen LogP contribution in [-0.4, -0.2) is 143 Å². The van der Waals surface area contributed by atoms with Crippen molar-refractivity contribution in [1.82, 2.24) is 0 Å². The molecule has 0 aromatic carbocycles. The van der Waals surface area contributed by atoms with Crippen molar-refractivity contribution in [3.05, 3.63) is 0 Å². The molecule has 0 aliphatic carbocycles. The van der Waals surface area contributed by atoms with Crippen LogP contribution in [0.4, 0.5) is 0 Å². The largest absolute Gasteiger partial charge is 0 e. The predicted molar refractivity (Wildman–Crippen MR) is 115 cm³/mol. The van der Waals surface area contributed by atoms with Gasteiger partial charge < -0.3 is 0 Å². The highest BCUT2D eigenvalue weighted by molar-refractivity contribution is 7.75. The van der Waals surface area contributed by atoms with E-state index in [-0.39, 0.29) is 0 Å². The van der Waals surface area contributed by atoms with Crippen LogP contribution in [0.2, 0.25) is 0 Å². The lowest BCUT2D eigenvalue weighted by Crippen LogP contribution is -2.36. The molecule has 0 amide bonds. The summed E-state index contributed by atoms with van der Waals surface area (Å²) in [6, 6.07) is 0. The number of hydrogen-bond acceptors (Lipinski definition) is 0. The summed E-state index contributed by atoms with van der Waals surface area (Å²) in [6.07, 6.45) is 0. The molecule has 0 spiro atoms. The summed E-state index contributed by atoms with van der Waals surface area (Å²) in [5, 5.41) is 0. The summed E-state index contributed by atoms with van der Waals surface area (Å²) < 4.78 is 0. The molecule has 0 rings (SSSR count). The van der Waals surface area contributed by atoms with Crippen LogP contribution in [-0.2, 0) is 0 Å². The summed E-state index contributed by atoms with van der Waals surface area (Å²) in [5.74, 6) is 0. The van der Waals surface area contributed by atoms with E-state index in [0.29, 0.717) is 0 Å². The van der Waals surface area contributed by atoms with Gasteiger partial charge in [0.25, 0.3) is 0 Å². The second kappa shape index (κ2) is 20.3. The van der Waals surface area contributed by atoms with E-state index in [2.05, 4.69) is 0 Å². The van der Waals surface area contributed by atoms with Crippen molar-refractivity contribution in [3.8, 4) is 0 Å². The van der Waals surface area contributed by atoms with Crippen LogP contribution < -0.4 is 0 Å². The van der Waals surface area contributed by atoms with Gasteiger partial charge in [-0.2, -0.15) is 0 Å². The molecule has 20 heavy (non-hydrogen) atoms. The van der Waals surface area contributed by atoms with Gasteiger partial charge in [-0.1, -0.05) is 0 Å². The van der Waals surface area contributed by atoms with Gasteiger partial charge in [-0.15, -0.1) is 0 Å². The Balaban J connectivity index is 2.89. The SMILES string of the molecule is [B][B][B][B][B][B][B][B][B][B][B][B][B][B][B][B][B][B][B][B]. The Hall–Kier alpha value is 1.30. The molecule has 0 N–H and O–H groups in total. The van der Waals surface area contributed by atoms with E-state index in [9.17, 15) is 0 Å². The second-order valence-electron chi connectivity index (χ2n) is 3.46. The van der Waals surface area contributed by atoms with Crippen molar-refractivity contribution in [3.63, 3.8) is 0 Å². The molecule has 0 bridgehead atoms. The first-order valence-corrected chi connectivity index (χ1v) is 6.33. The third kappa shape index (κ3) is 19.3. The highest BCUT2D eigenvalue weighted by Gasteiger charge is 1.99. The summed E-state index contributed by atoms with van der Waals surface area (Å²) in [5.41, 5.74) is 0. The van der Waals surface area contributed by atoms with Gasteiger partial charge in [0.2, 0.25) is 0 Å². The third-order valence-corrected chi connectivity index (χ3v) is 1.89. The van der Waals surface area contributed by atoms with Gasteiger partial charge in [-0.3, -0.25) is 0 Å². The molecule has 0 unspecified atom stereocenters. The van der Waals surface area contributed by atoms with Crippen molar-refractivity contribution in [2.45, 2.75) is 0 Å². The van der Waals surface area contributed by atoms with Crippen LogP contribution in [0.3, 0.4) is 0 Å². The maximum absolute atomic E-state index is 5.19. The molecule has 0 aromatic heterocycles. The van der Waals surface area contributed by atoms with Crippen LogP contribution in [0.5, 0.6) is 0 Å². The Morgan fingerprint density at radius 3 is 0.550 bits per heavy atom. The molecule has 22 radical (unpaired) electrons. The average Bonchev–Trinajstić information content (AvgIpc) is 2.47. The van der Waals surface area contributed by atoms with E-state index in [1.54, 1.807) is 14.1 Å². The smallest absolute Gasteiger partial charge is 0 e. The maximum atomic E-state index is 5.19. The van der Waals surface area contributed by atoms with Crippen molar-refractivity contribution in [1.29, 1.82) is 0 Å². The van der Waals surface area contributed by atoms with E-state index in [0.717, 1.165) is 0 Å². The van der Waals surface area contributed by atoms with Crippen LogP contribution in [0.15, 0.2) is 0 Å². The lowest BCUT2D eigenvalue weighted by atomic mass is 8.84. The maximum Gasteiger partial charge on any atom is 0 e. The van der Waals surface area contributed by atoms with Crippen LogP contribution in [0.1, 0.15) is 0 Å². The highest BCUT2D eigenvalue weighted by atomic mass is 12.8. The van der Waals surface area contributed by atoms with Gasteiger partial charge in [0.1, 0.15) is 0 Å². The minimum atomic E-state index is 1.49. The first-order valence-electron chi connectivity index (χ1n) is 6.33. The molecule has 0 atom stereocenters. The number of rotatable bonds is 17.